The molecule has 5 N–H and O–H groups in total. The molecule has 10 nitrogen and oxygen atoms in total. The zero-order valence-corrected chi connectivity index (χ0v) is 14.0. The Morgan fingerprint density at radius 1 is 1.38 bits per heavy atom. The molecule has 2 atom stereocenters. The van der Waals surface area contributed by atoms with Crippen LogP contribution in [0.4, 0.5) is 4.79 Å². The summed E-state index contributed by atoms with van der Waals surface area (Å²) in [5, 5.41) is 22.4. The summed E-state index contributed by atoms with van der Waals surface area (Å²) in [5.41, 5.74) is 5.46. The Balaban J connectivity index is 2.82. The van der Waals surface area contributed by atoms with Crippen LogP contribution in [0, 0.1) is 5.92 Å². The number of carbonyl (C=O) groups is 3. The second kappa shape index (κ2) is 8.85. The van der Waals surface area contributed by atoms with Crippen molar-refractivity contribution in [3.05, 3.63) is 11.9 Å². The van der Waals surface area contributed by atoms with Crippen molar-refractivity contribution in [2.45, 2.75) is 45.7 Å². The van der Waals surface area contributed by atoms with Gasteiger partial charge in [-0.1, -0.05) is 19.1 Å². The molecule has 0 spiro atoms. The number of aliphatic carboxylic acids is 1. The van der Waals surface area contributed by atoms with Crippen molar-refractivity contribution in [1.82, 2.24) is 25.6 Å². The number of primary amides is 1. The Morgan fingerprint density at radius 2 is 2.04 bits per heavy atom. The van der Waals surface area contributed by atoms with Gasteiger partial charge in [-0.25, -0.2) is 14.3 Å². The molecule has 0 saturated carbocycles. The number of aromatic nitrogens is 3. The Kier molecular flexibility index (Phi) is 7.15. The number of nitrogens with one attached hydrogen (secondary N) is 2. The third-order valence-electron chi connectivity index (χ3n) is 3.43. The Bertz CT molecular complexity index is 586. The quantitative estimate of drug-likeness (QED) is 0.471. The number of urea groups is 1. The van der Waals surface area contributed by atoms with Crippen molar-refractivity contribution < 1.29 is 19.5 Å². The van der Waals surface area contributed by atoms with Crippen LogP contribution < -0.4 is 16.4 Å². The number of amides is 3. The first kappa shape index (κ1) is 19.4. The number of carboxylic acids is 1. The van der Waals surface area contributed by atoms with Crippen LogP contribution in [0.25, 0.3) is 0 Å². The summed E-state index contributed by atoms with van der Waals surface area (Å²) < 4.78 is 1.26. The molecule has 1 aromatic rings. The molecular weight excluding hydrogens is 316 g/mol. The van der Waals surface area contributed by atoms with Crippen LogP contribution in [0.5, 0.6) is 0 Å². The predicted octanol–water partition coefficient (Wildman–Crippen LogP) is 0.186. The summed E-state index contributed by atoms with van der Waals surface area (Å²) in [6.07, 6.45) is 2.21. The van der Waals surface area contributed by atoms with Crippen LogP contribution >= 0.6 is 0 Å². The van der Waals surface area contributed by atoms with E-state index < -0.39 is 18.0 Å². The zero-order chi connectivity index (χ0) is 18.3. The van der Waals surface area contributed by atoms with Crippen LogP contribution in [0.3, 0.4) is 0 Å². The fourth-order valence-electron chi connectivity index (χ4n) is 2.26. The molecule has 1 aromatic heterocycles. The van der Waals surface area contributed by atoms with Gasteiger partial charge in [0.05, 0.1) is 12.2 Å². The van der Waals surface area contributed by atoms with E-state index in [1.807, 2.05) is 13.8 Å². The van der Waals surface area contributed by atoms with Crippen molar-refractivity contribution in [3.63, 3.8) is 0 Å². The minimum Gasteiger partial charge on any atom is -0.480 e. The Morgan fingerprint density at radius 3 is 2.54 bits per heavy atom. The molecule has 24 heavy (non-hydrogen) atoms. The third-order valence-corrected chi connectivity index (χ3v) is 3.43. The molecule has 3 amide bonds. The first-order chi connectivity index (χ1) is 11.2. The highest BCUT2D eigenvalue weighted by Crippen LogP contribution is 2.21. The fourth-order valence-corrected chi connectivity index (χ4v) is 2.26. The molecule has 1 rings (SSSR count). The number of hydrogen-bond donors (Lipinski definition) is 4. The summed E-state index contributed by atoms with van der Waals surface area (Å²) in [6, 6.07) is -1.91. The van der Waals surface area contributed by atoms with Crippen LogP contribution in [0.15, 0.2) is 6.20 Å². The largest absolute Gasteiger partial charge is 0.480 e. The average molecular weight is 340 g/mol. The van der Waals surface area contributed by atoms with Gasteiger partial charge in [-0.2, -0.15) is 0 Å². The van der Waals surface area contributed by atoms with Gasteiger partial charge in [-0.3, -0.25) is 4.79 Å². The van der Waals surface area contributed by atoms with Crippen molar-refractivity contribution in [1.29, 1.82) is 0 Å². The number of rotatable bonds is 9. The number of nitrogens with zero attached hydrogens (tertiary/aromatic N) is 3. The van der Waals surface area contributed by atoms with E-state index >= 15 is 0 Å². The maximum absolute atomic E-state index is 11.4. The molecular formula is C14H24N6O4. The Labute approximate surface area is 139 Å². The number of carbonyl (C=O) groups excluding carboxylic acids is 2. The molecule has 10 heteroatoms. The fraction of sp³-hybridized carbons (Fsp3) is 0.643. The zero-order valence-electron chi connectivity index (χ0n) is 14.0. The van der Waals surface area contributed by atoms with E-state index in [-0.39, 0.29) is 30.8 Å². The lowest BCUT2D eigenvalue weighted by atomic mass is 10.0. The van der Waals surface area contributed by atoms with Crippen LogP contribution in [0.1, 0.15) is 51.4 Å². The molecule has 0 aliphatic rings. The molecule has 0 saturated heterocycles. The van der Waals surface area contributed by atoms with Crippen molar-refractivity contribution in [2.24, 2.45) is 11.7 Å². The number of nitrogens with two attached hydrogens (primary N) is 1. The number of carboxylic acid groups (broad SMARTS) is 1. The topological polar surface area (TPSA) is 152 Å². The molecule has 134 valence electrons. The molecule has 0 bridgehead atoms. The lowest BCUT2D eigenvalue weighted by Gasteiger charge is -2.19. The third kappa shape index (κ3) is 5.86. The molecule has 1 heterocycles. The average Bonchev–Trinajstić information content (AvgIpc) is 2.92. The van der Waals surface area contributed by atoms with Crippen LogP contribution in [0.2, 0.25) is 0 Å². The SMILES string of the molecule is CC(=O)N[C@H](c1cn([C@@H](CCCNC(N)=O)C(=O)O)nn1)C(C)C. The summed E-state index contributed by atoms with van der Waals surface area (Å²) in [5.74, 6) is -1.18. The molecule has 0 unspecified atom stereocenters. The minimum atomic E-state index is -1.05. The Hall–Kier alpha value is -2.65. The van der Waals surface area contributed by atoms with Gasteiger partial charge in [0.1, 0.15) is 5.69 Å². The van der Waals surface area contributed by atoms with E-state index in [4.69, 9.17) is 5.73 Å². The van der Waals surface area contributed by atoms with Gasteiger partial charge in [0.25, 0.3) is 0 Å². The first-order valence-electron chi connectivity index (χ1n) is 7.67. The predicted molar refractivity (Wildman–Crippen MR) is 84.9 cm³/mol. The van der Waals surface area contributed by atoms with Crippen LogP contribution in [-0.2, 0) is 9.59 Å². The summed E-state index contributed by atoms with van der Waals surface area (Å²) >= 11 is 0. The monoisotopic (exact) mass is 340 g/mol. The van der Waals surface area contributed by atoms with Gasteiger partial charge < -0.3 is 21.5 Å². The first-order valence-corrected chi connectivity index (χ1v) is 7.67. The smallest absolute Gasteiger partial charge is 0.328 e. The molecule has 0 aromatic carbocycles. The summed E-state index contributed by atoms with van der Waals surface area (Å²) in [4.78, 5) is 33.4. The molecule has 0 fully saturated rings. The molecule has 0 aliphatic carbocycles. The van der Waals surface area contributed by atoms with Gasteiger partial charge in [-0.15, -0.1) is 5.10 Å². The number of hydrogen-bond acceptors (Lipinski definition) is 5. The van der Waals surface area contributed by atoms with Gasteiger partial charge in [0.2, 0.25) is 5.91 Å². The van der Waals surface area contributed by atoms with Gasteiger partial charge in [-0.05, 0) is 18.8 Å². The highest BCUT2D eigenvalue weighted by molar-refractivity contribution is 5.73. The van der Waals surface area contributed by atoms with Gasteiger partial charge in [0.15, 0.2) is 6.04 Å². The second-order valence-electron chi connectivity index (χ2n) is 5.83. The van der Waals surface area contributed by atoms with E-state index in [0.717, 1.165) is 0 Å². The maximum atomic E-state index is 11.4. The van der Waals surface area contributed by atoms with E-state index in [1.165, 1.54) is 17.8 Å². The summed E-state index contributed by atoms with van der Waals surface area (Å²) in [6.45, 7) is 5.53. The van der Waals surface area contributed by atoms with Crippen molar-refractivity contribution in [3.8, 4) is 0 Å². The lowest BCUT2D eigenvalue weighted by Crippen LogP contribution is -2.31. The molecule has 0 aliphatic heterocycles. The van der Waals surface area contributed by atoms with E-state index in [2.05, 4.69) is 20.9 Å². The minimum absolute atomic E-state index is 0.0714. The van der Waals surface area contributed by atoms with Crippen LogP contribution in [-0.4, -0.2) is 44.6 Å². The van der Waals surface area contributed by atoms with E-state index in [9.17, 15) is 19.5 Å². The summed E-state index contributed by atoms with van der Waals surface area (Å²) in [7, 11) is 0. The highest BCUT2D eigenvalue weighted by atomic mass is 16.4. The maximum Gasteiger partial charge on any atom is 0.328 e. The molecule has 0 radical (unpaired) electrons. The van der Waals surface area contributed by atoms with Gasteiger partial charge >= 0.3 is 12.0 Å². The second-order valence-corrected chi connectivity index (χ2v) is 5.83. The van der Waals surface area contributed by atoms with Gasteiger partial charge in [0, 0.05) is 13.5 Å². The van der Waals surface area contributed by atoms with E-state index in [1.54, 1.807) is 0 Å². The standard InChI is InChI=1S/C14H24N6O4/c1-8(2)12(17-9(3)21)10-7-20(19-18-10)11(13(22)23)5-4-6-16-14(15)24/h7-8,11-12H,4-6H2,1-3H3,(H,17,21)(H,22,23)(H3,15,16,24)/t11-,12-/m0/s1. The van der Waals surface area contributed by atoms with E-state index in [0.29, 0.717) is 12.1 Å². The highest BCUT2D eigenvalue weighted by Gasteiger charge is 2.25. The normalized spacial score (nSPS) is 13.3. The lowest BCUT2D eigenvalue weighted by molar-refractivity contribution is -0.141. The van der Waals surface area contributed by atoms with Crippen molar-refractivity contribution >= 4 is 17.9 Å². The van der Waals surface area contributed by atoms with Crippen molar-refractivity contribution in [2.75, 3.05) is 6.54 Å².